The second-order valence-electron chi connectivity index (χ2n) is 8.46. The van der Waals surface area contributed by atoms with Gasteiger partial charge < -0.3 is 14.6 Å². The molecule has 172 valence electrons. The van der Waals surface area contributed by atoms with Crippen LogP contribution < -0.4 is 5.32 Å². The van der Waals surface area contributed by atoms with Gasteiger partial charge in [-0.2, -0.15) is 5.10 Å². The van der Waals surface area contributed by atoms with Gasteiger partial charge in [-0.25, -0.2) is 4.98 Å². The molecule has 1 fully saturated rings. The minimum atomic E-state index is -0.121. The Morgan fingerprint density at radius 3 is 2.62 bits per heavy atom. The third-order valence-corrected chi connectivity index (χ3v) is 6.03. The van der Waals surface area contributed by atoms with Gasteiger partial charge in [0, 0.05) is 43.7 Å². The zero-order chi connectivity index (χ0) is 23.3. The van der Waals surface area contributed by atoms with E-state index in [1.54, 1.807) is 21.9 Å². The lowest BCUT2D eigenvalue weighted by Crippen LogP contribution is -2.40. The van der Waals surface area contributed by atoms with Gasteiger partial charge in [0.25, 0.3) is 0 Å². The van der Waals surface area contributed by atoms with Crippen LogP contribution >= 0.6 is 0 Å². The average Bonchev–Trinajstić information content (AvgIpc) is 3.49. The summed E-state index contributed by atoms with van der Waals surface area (Å²) in [6.45, 7) is 1.67. The molecular weight excluding hydrogens is 428 g/mol. The van der Waals surface area contributed by atoms with Gasteiger partial charge in [0.15, 0.2) is 0 Å². The van der Waals surface area contributed by atoms with Crippen molar-refractivity contribution in [2.45, 2.75) is 19.4 Å². The number of hydrogen-bond acceptors (Lipinski definition) is 4. The first-order chi connectivity index (χ1) is 16.6. The number of nitrogens with zero attached hydrogens (tertiary/aromatic N) is 5. The predicted molar refractivity (Wildman–Crippen MR) is 130 cm³/mol. The van der Waals surface area contributed by atoms with E-state index in [1.807, 2.05) is 77.6 Å². The molecule has 2 amide bonds. The molecule has 1 aromatic carbocycles. The Labute approximate surface area is 197 Å². The third-order valence-electron chi connectivity index (χ3n) is 6.03. The van der Waals surface area contributed by atoms with Crippen LogP contribution in [0.5, 0.6) is 0 Å². The van der Waals surface area contributed by atoms with Gasteiger partial charge in [0.1, 0.15) is 5.65 Å². The van der Waals surface area contributed by atoms with Gasteiger partial charge >= 0.3 is 0 Å². The standard InChI is InChI=1S/C26H26N6O2/c33-25(10-9-20-6-2-1-3-7-20)30-14-11-21(12-15-30)26(34)29-22-16-27-32(18-22)19-23-17-31-13-5-4-8-24(31)28-23/h1-10,13,16-18,21H,11-12,14-15,19H2,(H,29,34)/b10-9+. The fourth-order valence-electron chi connectivity index (χ4n) is 4.19. The SMILES string of the molecule is O=C(Nc1cnn(Cc2cn3ccccc3n2)c1)C1CCN(C(=O)/C=C/c2ccccc2)CC1. The summed E-state index contributed by atoms with van der Waals surface area (Å²) in [6, 6.07) is 15.6. The van der Waals surface area contributed by atoms with Crippen molar-refractivity contribution in [2.75, 3.05) is 18.4 Å². The highest BCUT2D eigenvalue weighted by Gasteiger charge is 2.26. The highest BCUT2D eigenvalue weighted by Crippen LogP contribution is 2.20. The van der Waals surface area contributed by atoms with E-state index in [9.17, 15) is 9.59 Å². The molecule has 3 aromatic heterocycles. The fraction of sp³-hybridized carbons (Fsp3) is 0.231. The number of carbonyl (C=O) groups is 2. The molecule has 5 rings (SSSR count). The second-order valence-corrected chi connectivity index (χ2v) is 8.46. The number of nitrogens with one attached hydrogen (secondary N) is 1. The van der Waals surface area contributed by atoms with Crippen LogP contribution in [-0.2, 0) is 16.1 Å². The van der Waals surface area contributed by atoms with E-state index in [4.69, 9.17) is 0 Å². The minimum Gasteiger partial charge on any atom is -0.339 e. The summed E-state index contributed by atoms with van der Waals surface area (Å²) >= 11 is 0. The van der Waals surface area contributed by atoms with Crippen molar-refractivity contribution in [1.82, 2.24) is 24.1 Å². The molecule has 0 radical (unpaired) electrons. The summed E-state index contributed by atoms with van der Waals surface area (Å²) in [6.07, 6.45) is 12.1. The first kappa shape index (κ1) is 21.6. The largest absolute Gasteiger partial charge is 0.339 e. The number of anilines is 1. The second kappa shape index (κ2) is 9.74. The van der Waals surface area contributed by atoms with E-state index in [-0.39, 0.29) is 17.7 Å². The van der Waals surface area contributed by atoms with E-state index >= 15 is 0 Å². The highest BCUT2D eigenvalue weighted by atomic mass is 16.2. The van der Waals surface area contributed by atoms with Crippen LogP contribution in [0.3, 0.4) is 0 Å². The maximum absolute atomic E-state index is 12.8. The molecule has 1 aliphatic rings. The van der Waals surface area contributed by atoms with Crippen LogP contribution in [0.4, 0.5) is 5.69 Å². The maximum atomic E-state index is 12.8. The van der Waals surface area contributed by atoms with Crippen molar-refractivity contribution in [3.05, 3.63) is 90.7 Å². The van der Waals surface area contributed by atoms with Gasteiger partial charge in [-0.1, -0.05) is 36.4 Å². The lowest BCUT2D eigenvalue weighted by Gasteiger charge is -2.30. The predicted octanol–water partition coefficient (Wildman–Crippen LogP) is 3.47. The number of rotatable bonds is 6. The Bertz CT molecular complexity index is 1280. The Balaban J connectivity index is 1.11. The van der Waals surface area contributed by atoms with Crippen LogP contribution in [0.15, 0.2) is 79.4 Å². The molecule has 1 N–H and O–H groups in total. The summed E-state index contributed by atoms with van der Waals surface area (Å²) in [5.41, 5.74) is 3.44. The number of carbonyl (C=O) groups excluding carboxylic acids is 2. The van der Waals surface area contributed by atoms with E-state index in [1.165, 1.54) is 0 Å². The number of hydrogen-bond donors (Lipinski definition) is 1. The highest BCUT2D eigenvalue weighted by molar-refractivity contribution is 5.94. The van der Waals surface area contributed by atoms with Gasteiger partial charge in [0.2, 0.25) is 11.8 Å². The molecule has 0 spiro atoms. The topological polar surface area (TPSA) is 84.5 Å². The molecule has 0 aliphatic carbocycles. The summed E-state index contributed by atoms with van der Waals surface area (Å²) in [4.78, 5) is 31.6. The van der Waals surface area contributed by atoms with Crippen molar-refractivity contribution in [3.8, 4) is 0 Å². The monoisotopic (exact) mass is 454 g/mol. The van der Waals surface area contributed by atoms with Gasteiger partial charge in [0.05, 0.1) is 24.1 Å². The molecule has 1 saturated heterocycles. The molecule has 4 heterocycles. The summed E-state index contributed by atoms with van der Waals surface area (Å²) in [7, 11) is 0. The molecular formula is C26H26N6O2. The Morgan fingerprint density at radius 1 is 1.03 bits per heavy atom. The van der Waals surface area contributed by atoms with E-state index < -0.39 is 0 Å². The third kappa shape index (κ3) is 5.06. The first-order valence-corrected chi connectivity index (χ1v) is 11.4. The minimum absolute atomic E-state index is 0.0177. The molecule has 1 aliphatic heterocycles. The van der Waals surface area contributed by atoms with Crippen LogP contribution in [0.25, 0.3) is 11.7 Å². The Morgan fingerprint density at radius 2 is 1.82 bits per heavy atom. The average molecular weight is 455 g/mol. The zero-order valence-corrected chi connectivity index (χ0v) is 18.7. The number of benzene rings is 1. The number of likely N-dealkylation sites (tertiary alicyclic amines) is 1. The molecule has 0 unspecified atom stereocenters. The van der Waals surface area contributed by atoms with Crippen LogP contribution in [-0.4, -0.2) is 49.0 Å². The molecule has 4 aromatic rings. The Hall–Kier alpha value is -4.20. The van der Waals surface area contributed by atoms with Crippen molar-refractivity contribution < 1.29 is 9.59 Å². The Kier molecular flexibility index (Phi) is 6.20. The normalized spacial score (nSPS) is 14.6. The van der Waals surface area contributed by atoms with E-state index in [0.29, 0.717) is 38.2 Å². The lowest BCUT2D eigenvalue weighted by atomic mass is 9.95. The number of piperidine rings is 1. The smallest absolute Gasteiger partial charge is 0.246 e. The summed E-state index contributed by atoms with van der Waals surface area (Å²) < 4.78 is 3.73. The zero-order valence-electron chi connectivity index (χ0n) is 18.7. The number of pyridine rings is 1. The quantitative estimate of drug-likeness (QED) is 0.452. The van der Waals surface area contributed by atoms with Crippen LogP contribution in [0.1, 0.15) is 24.1 Å². The summed E-state index contributed by atoms with van der Waals surface area (Å²) in [5, 5.41) is 7.32. The molecule has 34 heavy (non-hydrogen) atoms. The fourth-order valence-corrected chi connectivity index (χ4v) is 4.19. The van der Waals surface area contributed by atoms with Crippen molar-refractivity contribution >= 4 is 29.2 Å². The van der Waals surface area contributed by atoms with Gasteiger partial charge in [-0.05, 0) is 36.6 Å². The first-order valence-electron chi connectivity index (χ1n) is 11.4. The number of amides is 2. The number of imidazole rings is 1. The molecule has 8 nitrogen and oxygen atoms in total. The molecule has 0 bridgehead atoms. The molecule has 0 saturated carbocycles. The number of aromatic nitrogens is 4. The number of fused-ring (bicyclic) bond motifs is 1. The van der Waals surface area contributed by atoms with Gasteiger partial charge in [-0.3, -0.25) is 14.3 Å². The van der Waals surface area contributed by atoms with Crippen molar-refractivity contribution in [2.24, 2.45) is 5.92 Å². The van der Waals surface area contributed by atoms with E-state index in [2.05, 4.69) is 15.4 Å². The summed E-state index contributed by atoms with van der Waals surface area (Å²) in [5.74, 6) is -0.168. The van der Waals surface area contributed by atoms with Crippen molar-refractivity contribution in [1.29, 1.82) is 0 Å². The van der Waals surface area contributed by atoms with Gasteiger partial charge in [-0.15, -0.1) is 0 Å². The lowest BCUT2D eigenvalue weighted by molar-refractivity contribution is -0.130. The molecule has 0 atom stereocenters. The van der Waals surface area contributed by atoms with Crippen LogP contribution in [0, 0.1) is 5.92 Å². The maximum Gasteiger partial charge on any atom is 0.246 e. The molecule has 8 heteroatoms. The van der Waals surface area contributed by atoms with Crippen LogP contribution in [0.2, 0.25) is 0 Å². The van der Waals surface area contributed by atoms with Crippen molar-refractivity contribution in [3.63, 3.8) is 0 Å². The van der Waals surface area contributed by atoms with E-state index in [0.717, 1.165) is 16.9 Å².